The van der Waals surface area contributed by atoms with Crippen molar-refractivity contribution in [3.05, 3.63) is 24.3 Å². The van der Waals surface area contributed by atoms with Crippen LogP contribution in [0.5, 0.6) is 0 Å². The van der Waals surface area contributed by atoms with Gasteiger partial charge in [-0.05, 0) is 122 Å². The molecule has 0 unspecified atom stereocenters. The molecule has 0 spiro atoms. The Kier molecular flexibility index (Phi) is 45.9. The van der Waals surface area contributed by atoms with Gasteiger partial charge in [0.25, 0.3) is 6.47 Å². The molecule has 0 rings (SSSR count). The van der Waals surface area contributed by atoms with Crippen molar-refractivity contribution >= 4 is 18.4 Å². The van der Waals surface area contributed by atoms with Crippen LogP contribution in [0.2, 0.25) is 0 Å². The zero-order valence-electron chi connectivity index (χ0n) is 39.5. The molecule has 0 amide bonds. The van der Waals surface area contributed by atoms with Gasteiger partial charge in [-0.3, -0.25) is 14.4 Å². The maximum absolute atomic E-state index is 11.9. The first kappa shape index (κ1) is 57.9. The molecule has 0 aliphatic carbocycles. The van der Waals surface area contributed by atoms with Crippen LogP contribution in [0.4, 0.5) is 0 Å². The summed E-state index contributed by atoms with van der Waals surface area (Å²) in [5, 5.41) is 6.89. The topological polar surface area (TPSA) is 93.1 Å². The Morgan fingerprint density at radius 2 is 0.810 bits per heavy atom. The Balaban J connectivity index is 0. The van der Waals surface area contributed by atoms with Gasteiger partial charge in [-0.25, -0.2) is 0 Å². The lowest BCUT2D eigenvalue weighted by atomic mass is 9.90. The predicted octanol–water partition coefficient (Wildman–Crippen LogP) is 14.9. The highest BCUT2D eigenvalue weighted by molar-refractivity contribution is 5.69. The van der Waals surface area contributed by atoms with Crippen LogP contribution in [0.25, 0.3) is 0 Å². The van der Waals surface area contributed by atoms with E-state index in [1.165, 1.54) is 122 Å². The van der Waals surface area contributed by atoms with E-state index in [2.05, 4.69) is 77.8 Å². The number of carboxylic acid groups (broad SMARTS) is 1. The van der Waals surface area contributed by atoms with Crippen LogP contribution in [0.1, 0.15) is 234 Å². The van der Waals surface area contributed by atoms with E-state index >= 15 is 0 Å². The van der Waals surface area contributed by atoms with E-state index in [9.17, 15) is 9.59 Å². The van der Waals surface area contributed by atoms with E-state index < -0.39 is 0 Å². The Labute approximate surface area is 360 Å². The van der Waals surface area contributed by atoms with E-state index in [1.807, 2.05) is 0 Å². The largest absolute Gasteiger partial charge is 0.483 e. The second kappa shape index (κ2) is 45.9. The van der Waals surface area contributed by atoms with E-state index in [4.69, 9.17) is 19.4 Å². The van der Waals surface area contributed by atoms with Gasteiger partial charge in [0.1, 0.15) is 0 Å². The van der Waals surface area contributed by atoms with E-state index in [0.29, 0.717) is 43.9 Å². The van der Waals surface area contributed by atoms with Crippen LogP contribution in [-0.4, -0.2) is 61.3 Å². The molecule has 0 aromatic heterocycles. The highest BCUT2D eigenvalue weighted by atomic mass is 16.5. The summed E-state index contributed by atoms with van der Waals surface area (Å²) < 4.78 is 10.9. The van der Waals surface area contributed by atoms with E-state index in [1.54, 1.807) is 0 Å². The number of hydrogen-bond acceptors (Lipinski definition) is 6. The maximum Gasteiger partial charge on any atom is 0.305 e. The van der Waals surface area contributed by atoms with Crippen molar-refractivity contribution in [1.82, 2.24) is 4.90 Å². The van der Waals surface area contributed by atoms with Gasteiger partial charge in [0.15, 0.2) is 0 Å². The van der Waals surface area contributed by atoms with Gasteiger partial charge in [-0.15, -0.1) is 0 Å². The molecule has 0 aromatic rings. The van der Waals surface area contributed by atoms with Gasteiger partial charge in [-0.1, -0.05) is 155 Å². The lowest BCUT2D eigenvalue weighted by Crippen LogP contribution is -2.27. The molecule has 0 radical (unpaired) electrons. The van der Waals surface area contributed by atoms with Crippen molar-refractivity contribution in [2.45, 2.75) is 240 Å². The molecule has 58 heavy (non-hydrogen) atoms. The first-order valence-corrected chi connectivity index (χ1v) is 24.6. The highest BCUT2D eigenvalue weighted by Crippen LogP contribution is 2.24. The summed E-state index contributed by atoms with van der Waals surface area (Å²) in [4.78, 5) is 34.7. The third kappa shape index (κ3) is 42.0. The summed E-state index contributed by atoms with van der Waals surface area (Å²) in [5.74, 6) is 1.90. The molecule has 1 N–H and O–H groups in total. The number of hydrogen-bond donors (Lipinski definition) is 1. The average Bonchev–Trinajstić information content (AvgIpc) is 3.21. The number of esters is 2. The summed E-state index contributed by atoms with van der Waals surface area (Å²) >= 11 is 0. The fourth-order valence-electron chi connectivity index (χ4n) is 7.27. The van der Waals surface area contributed by atoms with E-state index in [0.717, 1.165) is 70.1 Å². The zero-order valence-corrected chi connectivity index (χ0v) is 39.5. The molecule has 342 valence electrons. The number of ether oxygens (including phenoxy) is 2. The molecule has 7 heteroatoms. The molecular formula is C51H97NO6. The van der Waals surface area contributed by atoms with Gasteiger partial charge >= 0.3 is 11.9 Å². The van der Waals surface area contributed by atoms with Crippen molar-refractivity contribution in [1.29, 1.82) is 0 Å². The molecular weight excluding hydrogens is 723 g/mol. The third-order valence-corrected chi connectivity index (χ3v) is 12.1. The number of carbonyl (C=O) groups excluding carboxylic acids is 2. The standard InChI is InChI=1S/C50H95NO4.CH2O2/c1-8-46(9-2)43-54-49(52)40-34-30-26-22-18-14-12-16-20-24-28-32-37-48(39-36-42-51(7)45(5)6)38-33-29-25-21-17-13-15-19-23-27-31-35-41-50(53)55-44-47(10-3)11-4;2-1-3/h18-19,22-23,45-48H,8-17,20-21,24-44H2,1-7H3;1H,(H,2,3)/b22-18-,23-19-;. The minimum absolute atomic E-state index is 0.0212. The summed E-state index contributed by atoms with van der Waals surface area (Å²) in [6.45, 7) is 15.4. The van der Waals surface area contributed by atoms with Gasteiger partial charge < -0.3 is 19.5 Å². The Morgan fingerprint density at radius 1 is 0.500 bits per heavy atom. The van der Waals surface area contributed by atoms with Crippen molar-refractivity contribution in [3.8, 4) is 0 Å². The van der Waals surface area contributed by atoms with Crippen molar-refractivity contribution in [2.75, 3.05) is 26.8 Å². The quantitative estimate of drug-likeness (QED) is 0.0284. The SMILES string of the molecule is CCC(CC)COC(=O)CCCC/C=C\CCCCCCCCC(CCCCCCCC/C=C\CCCCC(=O)OCC(CC)CC)CCCN(C)C(C)C.O=CO. The van der Waals surface area contributed by atoms with Crippen LogP contribution in [0.3, 0.4) is 0 Å². The molecule has 0 bridgehead atoms. The van der Waals surface area contributed by atoms with Crippen LogP contribution in [-0.2, 0) is 23.9 Å². The second-order valence-electron chi connectivity index (χ2n) is 17.3. The smallest absolute Gasteiger partial charge is 0.305 e. The molecule has 0 fully saturated rings. The lowest BCUT2D eigenvalue weighted by molar-refractivity contribution is -0.146. The second-order valence-corrected chi connectivity index (χ2v) is 17.3. The summed E-state index contributed by atoms with van der Waals surface area (Å²) in [6, 6.07) is 0.641. The summed E-state index contributed by atoms with van der Waals surface area (Å²) in [6.07, 6.45) is 45.5. The number of rotatable bonds is 41. The third-order valence-electron chi connectivity index (χ3n) is 12.1. The molecule has 0 aliphatic rings. The normalized spacial score (nSPS) is 11.8. The molecule has 0 heterocycles. The Morgan fingerprint density at radius 3 is 1.16 bits per heavy atom. The zero-order chi connectivity index (χ0) is 43.3. The minimum Gasteiger partial charge on any atom is -0.483 e. The molecule has 7 nitrogen and oxygen atoms in total. The van der Waals surface area contributed by atoms with Crippen molar-refractivity contribution in [2.24, 2.45) is 17.8 Å². The van der Waals surface area contributed by atoms with Crippen LogP contribution in [0.15, 0.2) is 24.3 Å². The molecule has 0 aliphatic heterocycles. The minimum atomic E-state index is -0.250. The van der Waals surface area contributed by atoms with Gasteiger partial charge in [0.05, 0.1) is 13.2 Å². The lowest BCUT2D eigenvalue weighted by Gasteiger charge is -2.23. The first-order valence-electron chi connectivity index (χ1n) is 24.6. The fraction of sp³-hybridized carbons (Fsp3) is 0.863. The molecule has 0 aromatic carbocycles. The van der Waals surface area contributed by atoms with Gasteiger partial charge in [0, 0.05) is 18.9 Å². The Hall–Kier alpha value is -2.15. The number of unbranched alkanes of at least 4 members (excludes halogenated alkanes) is 16. The molecule has 0 saturated carbocycles. The number of allylic oxidation sites excluding steroid dienone is 4. The van der Waals surface area contributed by atoms with Gasteiger partial charge in [0.2, 0.25) is 0 Å². The molecule has 0 saturated heterocycles. The monoisotopic (exact) mass is 820 g/mol. The van der Waals surface area contributed by atoms with Crippen molar-refractivity contribution < 1.29 is 29.0 Å². The Bertz CT molecular complexity index is 879. The first-order chi connectivity index (χ1) is 28.2. The fourth-order valence-corrected chi connectivity index (χ4v) is 7.27. The van der Waals surface area contributed by atoms with Crippen LogP contribution >= 0.6 is 0 Å². The van der Waals surface area contributed by atoms with Crippen molar-refractivity contribution in [3.63, 3.8) is 0 Å². The number of carbonyl (C=O) groups is 3. The highest BCUT2D eigenvalue weighted by Gasteiger charge is 2.12. The summed E-state index contributed by atoms with van der Waals surface area (Å²) in [5.41, 5.74) is 0. The van der Waals surface area contributed by atoms with Crippen LogP contribution < -0.4 is 0 Å². The maximum atomic E-state index is 11.9. The molecule has 0 atom stereocenters. The number of nitrogens with zero attached hydrogens (tertiary/aromatic N) is 1. The van der Waals surface area contributed by atoms with Crippen LogP contribution in [0, 0.1) is 17.8 Å². The predicted molar refractivity (Wildman–Crippen MR) is 248 cm³/mol. The summed E-state index contributed by atoms with van der Waals surface area (Å²) in [7, 11) is 2.28. The average molecular weight is 820 g/mol. The van der Waals surface area contributed by atoms with E-state index in [-0.39, 0.29) is 18.4 Å². The van der Waals surface area contributed by atoms with Gasteiger partial charge in [-0.2, -0.15) is 0 Å².